The molecule has 0 amide bonds. The van der Waals surface area contributed by atoms with Crippen LogP contribution in [-0.4, -0.2) is 42.9 Å². The van der Waals surface area contributed by atoms with Crippen molar-refractivity contribution in [2.45, 2.75) is 26.0 Å². The first-order chi connectivity index (χ1) is 7.76. The zero-order valence-corrected chi connectivity index (χ0v) is 10.9. The highest BCUT2D eigenvalue weighted by molar-refractivity contribution is 7.07. The van der Waals surface area contributed by atoms with Gasteiger partial charge in [-0.3, -0.25) is 4.90 Å². The van der Waals surface area contributed by atoms with Crippen LogP contribution in [0.15, 0.2) is 16.8 Å². The van der Waals surface area contributed by atoms with Gasteiger partial charge in [0.1, 0.15) is 0 Å². The average Bonchev–Trinajstić information content (AvgIpc) is 2.78. The third-order valence-corrected chi connectivity index (χ3v) is 3.27. The van der Waals surface area contributed by atoms with Gasteiger partial charge < -0.3 is 9.84 Å². The Hall–Kier alpha value is -0.420. The number of hydrogen-bond acceptors (Lipinski definition) is 4. The van der Waals surface area contributed by atoms with Crippen molar-refractivity contribution in [3.8, 4) is 0 Å². The van der Waals surface area contributed by atoms with E-state index in [4.69, 9.17) is 4.74 Å². The molecule has 1 aromatic rings. The Kier molecular flexibility index (Phi) is 6.64. The lowest BCUT2D eigenvalue weighted by molar-refractivity contribution is 0.0831. The van der Waals surface area contributed by atoms with Crippen LogP contribution in [0, 0.1) is 0 Å². The Morgan fingerprint density at radius 3 is 2.94 bits per heavy atom. The second kappa shape index (κ2) is 7.79. The standard InChI is InChI=1S/C12H21NO2S/c1-3-12(14)9-13(5-6-15-2)8-11-4-7-16-10-11/h4,7,10,12,14H,3,5-6,8-9H2,1-2H3. The van der Waals surface area contributed by atoms with Crippen molar-refractivity contribution < 1.29 is 9.84 Å². The molecular weight excluding hydrogens is 222 g/mol. The summed E-state index contributed by atoms with van der Waals surface area (Å²) in [6.45, 7) is 5.19. The fraction of sp³-hybridized carbons (Fsp3) is 0.667. The Balaban J connectivity index is 2.43. The molecule has 16 heavy (non-hydrogen) atoms. The second-order valence-electron chi connectivity index (χ2n) is 3.92. The van der Waals surface area contributed by atoms with E-state index in [9.17, 15) is 5.11 Å². The molecule has 1 atom stereocenters. The molecule has 1 rings (SSSR count). The quantitative estimate of drug-likeness (QED) is 0.757. The Labute approximate surface area is 102 Å². The van der Waals surface area contributed by atoms with Gasteiger partial charge >= 0.3 is 0 Å². The molecule has 0 radical (unpaired) electrons. The minimum atomic E-state index is -0.240. The van der Waals surface area contributed by atoms with Gasteiger partial charge in [-0.25, -0.2) is 0 Å². The summed E-state index contributed by atoms with van der Waals surface area (Å²) in [4.78, 5) is 2.24. The molecule has 1 N–H and O–H groups in total. The number of thiophene rings is 1. The van der Waals surface area contributed by atoms with Gasteiger partial charge in [-0.05, 0) is 28.8 Å². The van der Waals surface area contributed by atoms with E-state index < -0.39 is 0 Å². The summed E-state index contributed by atoms with van der Waals surface area (Å²) in [6, 6.07) is 2.13. The minimum absolute atomic E-state index is 0.240. The van der Waals surface area contributed by atoms with Crippen molar-refractivity contribution >= 4 is 11.3 Å². The van der Waals surface area contributed by atoms with E-state index in [1.165, 1.54) is 5.56 Å². The van der Waals surface area contributed by atoms with Crippen molar-refractivity contribution in [2.24, 2.45) is 0 Å². The molecular formula is C12H21NO2S. The highest BCUT2D eigenvalue weighted by atomic mass is 32.1. The van der Waals surface area contributed by atoms with Gasteiger partial charge in [0.2, 0.25) is 0 Å². The molecule has 0 spiro atoms. The second-order valence-corrected chi connectivity index (χ2v) is 4.70. The molecule has 0 fully saturated rings. The van der Waals surface area contributed by atoms with E-state index in [-0.39, 0.29) is 6.10 Å². The van der Waals surface area contributed by atoms with Crippen molar-refractivity contribution in [1.82, 2.24) is 4.90 Å². The van der Waals surface area contributed by atoms with Crippen molar-refractivity contribution in [3.63, 3.8) is 0 Å². The third kappa shape index (κ3) is 5.07. The van der Waals surface area contributed by atoms with Crippen LogP contribution < -0.4 is 0 Å². The molecule has 0 saturated carbocycles. The van der Waals surface area contributed by atoms with Crippen LogP contribution in [0.4, 0.5) is 0 Å². The Morgan fingerprint density at radius 2 is 2.38 bits per heavy atom. The molecule has 1 aromatic heterocycles. The van der Waals surface area contributed by atoms with Crippen LogP contribution in [0.25, 0.3) is 0 Å². The van der Waals surface area contributed by atoms with Crippen LogP contribution in [0.5, 0.6) is 0 Å². The van der Waals surface area contributed by atoms with Crippen LogP contribution in [0.2, 0.25) is 0 Å². The fourth-order valence-electron chi connectivity index (χ4n) is 1.52. The van der Waals surface area contributed by atoms with Gasteiger partial charge in [0.05, 0.1) is 12.7 Å². The maximum Gasteiger partial charge on any atom is 0.0664 e. The summed E-state index contributed by atoms with van der Waals surface area (Å²) < 4.78 is 5.09. The van der Waals surface area contributed by atoms with E-state index in [2.05, 4.69) is 21.7 Å². The predicted octanol–water partition coefficient (Wildman–Crippen LogP) is 1.97. The highest BCUT2D eigenvalue weighted by Crippen LogP contribution is 2.10. The minimum Gasteiger partial charge on any atom is -0.392 e. The molecule has 3 nitrogen and oxygen atoms in total. The molecule has 0 aliphatic heterocycles. The molecule has 1 unspecified atom stereocenters. The first-order valence-electron chi connectivity index (χ1n) is 5.66. The van der Waals surface area contributed by atoms with Crippen LogP contribution in [-0.2, 0) is 11.3 Å². The SMILES string of the molecule is CCC(O)CN(CCOC)Cc1ccsc1. The van der Waals surface area contributed by atoms with E-state index >= 15 is 0 Å². The summed E-state index contributed by atoms with van der Waals surface area (Å²) in [5.74, 6) is 0. The first-order valence-corrected chi connectivity index (χ1v) is 6.61. The fourth-order valence-corrected chi connectivity index (χ4v) is 2.18. The number of nitrogens with zero attached hydrogens (tertiary/aromatic N) is 1. The summed E-state index contributed by atoms with van der Waals surface area (Å²) in [7, 11) is 1.71. The average molecular weight is 243 g/mol. The lowest BCUT2D eigenvalue weighted by Crippen LogP contribution is -2.34. The maximum atomic E-state index is 9.68. The zero-order valence-electron chi connectivity index (χ0n) is 10.1. The van der Waals surface area contributed by atoms with Gasteiger partial charge in [0.15, 0.2) is 0 Å². The van der Waals surface area contributed by atoms with Gasteiger partial charge in [0, 0.05) is 26.7 Å². The van der Waals surface area contributed by atoms with E-state index in [1.807, 2.05) is 6.92 Å². The van der Waals surface area contributed by atoms with Crippen LogP contribution in [0.3, 0.4) is 0 Å². The van der Waals surface area contributed by atoms with Crippen LogP contribution in [0.1, 0.15) is 18.9 Å². The Morgan fingerprint density at radius 1 is 1.56 bits per heavy atom. The Bertz CT molecular complexity index is 264. The molecule has 92 valence electrons. The largest absolute Gasteiger partial charge is 0.392 e. The zero-order chi connectivity index (χ0) is 11.8. The third-order valence-electron chi connectivity index (χ3n) is 2.54. The van der Waals surface area contributed by atoms with Gasteiger partial charge in [-0.2, -0.15) is 11.3 Å². The number of hydrogen-bond donors (Lipinski definition) is 1. The monoisotopic (exact) mass is 243 g/mol. The molecule has 0 saturated heterocycles. The van der Waals surface area contributed by atoms with E-state index in [0.29, 0.717) is 6.61 Å². The van der Waals surface area contributed by atoms with Crippen LogP contribution >= 0.6 is 11.3 Å². The summed E-state index contributed by atoms with van der Waals surface area (Å²) in [6.07, 6.45) is 0.558. The topological polar surface area (TPSA) is 32.7 Å². The predicted molar refractivity (Wildman–Crippen MR) is 67.8 cm³/mol. The van der Waals surface area contributed by atoms with Gasteiger partial charge in [-0.15, -0.1) is 0 Å². The highest BCUT2D eigenvalue weighted by Gasteiger charge is 2.10. The molecule has 4 heteroatoms. The summed E-state index contributed by atoms with van der Waals surface area (Å²) in [5, 5.41) is 13.9. The van der Waals surface area contributed by atoms with E-state index in [0.717, 1.165) is 26.1 Å². The molecule has 1 heterocycles. The normalized spacial score (nSPS) is 13.2. The summed E-state index contributed by atoms with van der Waals surface area (Å²) in [5.41, 5.74) is 1.31. The number of aliphatic hydroxyl groups is 1. The van der Waals surface area contributed by atoms with E-state index in [1.54, 1.807) is 18.4 Å². The van der Waals surface area contributed by atoms with Crippen molar-refractivity contribution in [1.29, 1.82) is 0 Å². The summed E-state index contributed by atoms with van der Waals surface area (Å²) >= 11 is 1.71. The maximum absolute atomic E-state index is 9.68. The lowest BCUT2D eigenvalue weighted by Gasteiger charge is -2.23. The molecule has 0 aliphatic carbocycles. The molecule has 0 bridgehead atoms. The first kappa shape index (κ1) is 13.6. The van der Waals surface area contributed by atoms with Gasteiger partial charge in [-0.1, -0.05) is 6.92 Å². The van der Waals surface area contributed by atoms with Crippen molar-refractivity contribution in [2.75, 3.05) is 26.8 Å². The smallest absolute Gasteiger partial charge is 0.0664 e. The number of rotatable bonds is 8. The van der Waals surface area contributed by atoms with Gasteiger partial charge in [0.25, 0.3) is 0 Å². The number of aliphatic hydroxyl groups excluding tert-OH is 1. The van der Waals surface area contributed by atoms with Crippen molar-refractivity contribution in [3.05, 3.63) is 22.4 Å². The lowest BCUT2D eigenvalue weighted by atomic mass is 10.2. The molecule has 0 aromatic carbocycles. The number of methoxy groups -OCH3 is 1. The molecule has 0 aliphatic rings. The number of ether oxygens (including phenoxy) is 1.